The maximum Gasteiger partial charge on any atom is 0.0440 e. The number of thiophene rings is 2. The Morgan fingerprint density at radius 3 is 1.70 bits per heavy atom. The normalized spacial score (nSPS) is 12.4. The highest BCUT2D eigenvalue weighted by atomic mass is 32.1. The van der Waals surface area contributed by atoms with Crippen molar-refractivity contribution in [1.82, 2.24) is 0 Å². The molecule has 0 N–H and O–H groups in total. The second kappa shape index (κ2) is 10.6. The Morgan fingerprint density at radius 1 is 0.259 bits per heavy atom. The van der Waals surface area contributed by atoms with Crippen molar-refractivity contribution in [3.63, 3.8) is 0 Å². The largest absolute Gasteiger partial charge is 0.135 e. The minimum Gasteiger partial charge on any atom is -0.135 e. The fourth-order valence-corrected chi connectivity index (χ4v) is 12.2. The van der Waals surface area contributed by atoms with Crippen LogP contribution in [0.1, 0.15) is 0 Å². The highest BCUT2D eigenvalue weighted by Crippen LogP contribution is 2.53. The molecule has 0 aliphatic carbocycles. The van der Waals surface area contributed by atoms with Gasteiger partial charge in [-0.1, -0.05) is 152 Å². The molecule has 54 heavy (non-hydrogen) atoms. The van der Waals surface area contributed by atoms with E-state index in [1.807, 2.05) is 22.7 Å². The van der Waals surface area contributed by atoms with Crippen molar-refractivity contribution >= 4 is 128 Å². The first kappa shape index (κ1) is 29.2. The van der Waals surface area contributed by atoms with Crippen molar-refractivity contribution in [2.45, 2.75) is 0 Å². The number of hydrogen-bond acceptors (Lipinski definition) is 2. The molecular weight excluding hydrogens is 689 g/mol. The summed E-state index contributed by atoms with van der Waals surface area (Å²) in [5, 5.41) is 21.0. The molecule has 248 valence electrons. The summed E-state index contributed by atoms with van der Waals surface area (Å²) in [5.74, 6) is 0. The Morgan fingerprint density at radius 2 is 0.833 bits per heavy atom. The SMILES string of the molecule is c1ccc2cc3c(cc2c1)sc1c3ccc2c(-c3cccc4c3sc3ccccc34)c(-c3ccc4ccc5cccc6ccc3c4c56)c3ccccc3c21. The van der Waals surface area contributed by atoms with Gasteiger partial charge in [-0.25, -0.2) is 0 Å². The molecule has 11 aromatic carbocycles. The van der Waals surface area contributed by atoms with E-state index < -0.39 is 0 Å². The van der Waals surface area contributed by atoms with Crippen molar-refractivity contribution in [1.29, 1.82) is 0 Å². The standard InChI is InChI=1S/C52H28S2/c1-2-10-33-28-45-43(27-32(33)9-1)40-25-26-41-49(42-17-8-16-39-34-13-5-6-18-44(34)53-51(39)42)48(35-14-3-4-15-36(35)50(41)52(40)54-45)38-24-22-31-20-19-29-11-7-12-30-21-23-37(38)47(31)46(29)30/h1-28H. The summed E-state index contributed by atoms with van der Waals surface area (Å²) in [6, 6.07) is 64.2. The molecule has 0 saturated heterocycles. The quantitative estimate of drug-likeness (QED) is 0.156. The smallest absolute Gasteiger partial charge is 0.0440 e. The van der Waals surface area contributed by atoms with Crippen molar-refractivity contribution < 1.29 is 0 Å². The predicted molar refractivity (Wildman–Crippen MR) is 239 cm³/mol. The molecule has 0 fully saturated rings. The van der Waals surface area contributed by atoms with E-state index in [-0.39, 0.29) is 0 Å². The van der Waals surface area contributed by atoms with E-state index in [1.165, 1.54) is 127 Å². The van der Waals surface area contributed by atoms with Gasteiger partial charge in [-0.2, -0.15) is 0 Å². The molecular formula is C52H28S2. The first-order chi connectivity index (χ1) is 26.8. The Kier molecular flexibility index (Phi) is 5.75. The molecule has 0 spiro atoms. The zero-order chi connectivity index (χ0) is 35.1. The average molecular weight is 717 g/mol. The molecule has 0 saturated carbocycles. The van der Waals surface area contributed by atoms with Crippen molar-refractivity contribution in [2.24, 2.45) is 0 Å². The monoisotopic (exact) mass is 716 g/mol. The molecule has 2 heteroatoms. The summed E-state index contributed by atoms with van der Waals surface area (Å²) in [6.45, 7) is 0. The summed E-state index contributed by atoms with van der Waals surface area (Å²) < 4.78 is 5.37. The van der Waals surface area contributed by atoms with Gasteiger partial charge in [0.25, 0.3) is 0 Å². The predicted octanol–water partition coefficient (Wildman–Crippen LogP) is 16.1. The van der Waals surface area contributed by atoms with Gasteiger partial charge in [-0.3, -0.25) is 0 Å². The Hall–Kier alpha value is -6.32. The lowest BCUT2D eigenvalue weighted by Crippen LogP contribution is -1.94. The molecule has 0 nitrogen and oxygen atoms in total. The van der Waals surface area contributed by atoms with Gasteiger partial charge in [0.2, 0.25) is 0 Å². The summed E-state index contributed by atoms with van der Waals surface area (Å²) in [4.78, 5) is 0. The second-order valence-corrected chi connectivity index (χ2v) is 16.8. The minimum atomic E-state index is 1.29. The molecule has 13 aromatic rings. The van der Waals surface area contributed by atoms with E-state index in [1.54, 1.807) is 0 Å². The molecule has 0 aliphatic rings. The van der Waals surface area contributed by atoms with E-state index in [0.29, 0.717) is 0 Å². The fourth-order valence-electron chi connectivity index (χ4n) is 9.65. The topological polar surface area (TPSA) is 0 Å². The third kappa shape index (κ3) is 3.81. The van der Waals surface area contributed by atoms with Crippen molar-refractivity contribution in [3.8, 4) is 22.3 Å². The Bertz CT molecular complexity index is 3710. The number of hydrogen-bond donors (Lipinski definition) is 0. The van der Waals surface area contributed by atoms with Crippen LogP contribution in [0.4, 0.5) is 0 Å². The summed E-state index contributed by atoms with van der Waals surface area (Å²) in [6.07, 6.45) is 0. The first-order valence-corrected chi connectivity index (χ1v) is 20.2. The molecule has 0 bridgehead atoms. The molecule has 2 heterocycles. The van der Waals surface area contributed by atoms with E-state index in [4.69, 9.17) is 0 Å². The van der Waals surface area contributed by atoms with Crippen LogP contribution in [0.25, 0.3) is 127 Å². The van der Waals surface area contributed by atoms with Gasteiger partial charge in [0.1, 0.15) is 0 Å². The third-order valence-corrected chi connectivity index (χ3v) is 14.4. The fraction of sp³-hybridized carbons (Fsp3) is 0. The number of rotatable bonds is 2. The molecule has 0 aliphatic heterocycles. The third-order valence-electron chi connectivity index (χ3n) is 12.0. The van der Waals surface area contributed by atoms with Gasteiger partial charge in [0.15, 0.2) is 0 Å². The zero-order valence-electron chi connectivity index (χ0n) is 29.0. The average Bonchev–Trinajstić information content (AvgIpc) is 3.79. The summed E-state index contributed by atoms with van der Waals surface area (Å²) in [7, 11) is 0. The van der Waals surface area contributed by atoms with E-state index in [0.717, 1.165) is 0 Å². The maximum absolute atomic E-state index is 2.44. The van der Waals surface area contributed by atoms with Gasteiger partial charge in [-0.05, 0) is 94.1 Å². The molecule has 0 unspecified atom stereocenters. The van der Waals surface area contributed by atoms with Gasteiger partial charge in [-0.15, -0.1) is 22.7 Å². The Labute approximate surface area is 318 Å². The van der Waals surface area contributed by atoms with Crippen LogP contribution in [0.2, 0.25) is 0 Å². The van der Waals surface area contributed by atoms with Gasteiger partial charge < -0.3 is 0 Å². The Balaban J connectivity index is 1.26. The van der Waals surface area contributed by atoms with Crippen LogP contribution < -0.4 is 0 Å². The van der Waals surface area contributed by atoms with Crippen molar-refractivity contribution in [2.75, 3.05) is 0 Å². The van der Waals surface area contributed by atoms with Crippen molar-refractivity contribution in [3.05, 3.63) is 170 Å². The van der Waals surface area contributed by atoms with Crippen LogP contribution in [0, 0.1) is 0 Å². The van der Waals surface area contributed by atoms with Gasteiger partial charge >= 0.3 is 0 Å². The van der Waals surface area contributed by atoms with Crippen LogP contribution in [-0.4, -0.2) is 0 Å². The second-order valence-electron chi connectivity index (χ2n) is 14.7. The highest BCUT2D eigenvalue weighted by molar-refractivity contribution is 7.27. The molecule has 0 amide bonds. The molecule has 0 radical (unpaired) electrons. The molecule has 13 rings (SSSR count). The zero-order valence-corrected chi connectivity index (χ0v) is 30.6. The van der Waals surface area contributed by atoms with Crippen LogP contribution in [0.15, 0.2) is 170 Å². The van der Waals surface area contributed by atoms with Crippen LogP contribution >= 0.6 is 22.7 Å². The minimum absolute atomic E-state index is 1.29. The van der Waals surface area contributed by atoms with Crippen LogP contribution in [0.3, 0.4) is 0 Å². The van der Waals surface area contributed by atoms with E-state index in [2.05, 4.69) is 170 Å². The van der Waals surface area contributed by atoms with Crippen LogP contribution in [-0.2, 0) is 0 Å². The van der Waals surface area contributed by atoms with Gasteiger partial charge in [0, 0.05) is 51.3 Å². The summed E-state index contributed by atoms with van der Waals surface area (Å²) >= 11 is 3.87. The first-order valence-electron chi connectivity index (χ1n) is 18.6. The molecule has 2 aromatic heterocycles. The number of fused-ring (bicyclic) bond motifs is 11. The van der Waals surface area contributed by atoms with E-state index in [9.17, 15) is 0 Å². The lowest BCUT2D eigenvalue weighted by atomic mass is 9.82. The van der Waals surface area contributed by atoms with Gasteiger partial charge in [0.05, 0.1) is 0 Å². The van der Waals surface area contributed by atoms with E-state index >= 15 is 0 Å². The maximum atomic E-state index is 2.44. The molecule has 0 atom stereocenters. The summed E-state index contributed by atoms with van der Waals surface area (Å²) in [5.41, 5.74) is 5.22. The number of benzene rings is 11. The van der Waals surface area contributed by atoms with Crippen LogP contribution in [0.5, 0.6) is 0 Å². The highest BCUT2D eigenvalue weighted by Gasteiger charge is 2.24. The lowest BCUT2D eigenvalue weighted by molar-refractivity contribution is 1.71. The lowest BCUT2D eigenvalue weighted by Gasteiger charge is -2.21.